The minimum atomic E-state index is 0.00430. The molecule has 2 N–H and O–H groups in total. The quantitative estimate of drug-likeness (QED) is 0.491. The molecule has 0 bridgehead atoms. The van der Waals surface area contributed by atoms with Crippen LogP contribution in [0.3, 0.4) is 0 Å². The minimum Gasteiger partial charge on any atom is -0.379 e. The number of amides is 2. The summed E-state index contributed by atoms with van der Waals surface area (Å²) in [5.74, 6) is 0.173. The minimum absolute atomic E-state index is 0.00430. The van der Waals surface area contributed by atoms with Gasteiger partial charge in [-0.25, -0.2) is 0 Å². The van der Waals surface area contributed by atoms with Crippen LogP contribution in [0.25, 0.3) is 0 Å². The Hall–Kier alpha value is -1.47. The van der Waals surface area contributed by atoms with Crippen molar-refractivity contribution in [3.63, 3.8) is 0 Å². The van der Waals surface area contributed by atoms with E-state index in [-0.39, 0.29) is 35.7 Å². The van der Waals surface area contributed by atoms with Gasteiger partial charge in [0.1, 0.15) is 5.78 Å². The number of hydrogen-bond acceptors (Lipinski definition) is 5. The van der Waals surface area contributed by atoms with E-state index in [1.165, 1.54) is 6.92 Å². The Bertz CT molecular complexity index is 446. The van der Waals surface area contributed by atoms with Gasteiger partial charge < -0.3 is 20.1 Å². The third kappa shape index (κ3) is 13.7. The molecule has 1 aliphatic rings. The van der Waals surface area contributed by atoms with Crippen molar-refractivity contribution < 1.29 is 23.9 Å². The van der Waals surface area contributed by atoms with E-state index in [1.807, 2.05) is 27.7 Å². The lowest BCUT2D eigenvalue weighted by molar-refractivity contribution is -0.126. The molecule has 2 amide bonds. The van der Waals surface area contributed by atoms with Gasteiger partial charge in [-0.15, -0.1) is 0 Å². The number of ketones is 1. The second kappa shape index (κ2) is 16.5. The monoisotopic (exact) mass is 400 g/mol. The van der Waals surface area contributed by atoms with Crippen LogP contribution in [0.5, 0.6) is 0 Å². The van der Waals surface area contributed by atoms with Crippen molar-refractivity contribution in [3.05, 3.63) is 0 Å². The molecular formula is C21H40N2O5. The van der Waals surface area contributed by atoms with Crippen molar-refractivity contribution in [1.29, 1.82) is 0 Å². The number of Topliss-reactive ketones (excluding diaryl/α,β-unsaturated/α-hetero) is 1. The SMILES string of the molecule is CC.CC(=O)CCOCCNC(=O)C1CCC(NC(=O)CCOC(C)C)CC1. The highest BCUT2D eigenvalue weighted by molar-refractivity contribution is 5.79. The lowest BCUT2D eigenvalue weighted by Crippen LogP contribution is -2.41. The summed E-state index contributed by atoms with van der Waals surface area (Å²) in [4.78, 5) is 34.8. The first-order valence-corrected chi connectivity index (χ1v) is 10.6. The van der Waals surface area contributed by atoms with E-state index >= 15 is 0 Å². The summed E-state index contributed by atoms with van der Waals surface area (Å²) in [6, 6.07) is 0.153. The molecule has 0 aromatic carbocycles. The second-order valence-electron chi connectivity index (χ2n) is 7.14. The van der Waals surface area contributed by atoms with Crippen molar-refractivity contribution in [2.75, 3.05) is 26.4 Å². The molecule has 1 rings (SSSR count). The van der Waals surface area contributed by atoms with E-state index in [0.29, 0.717) is 39.2 Å². The Kier molecular flexibility index (Phi) is 15.6. The Morgan fingerprint density at radius 1 is 0.964 bits per heavy atom. The fourth-order valence-corrected chi connectivity index (χ4v) is 2.90. The number of ether oxygens (including phenoxy) is 2. The number of carbonyl (C=O) groups is 3. The fourth-order valence-electron chi connectivity index (χ4n) is 2.90. The first-order chi connectivity index (χ1) is 13.4. The molecule has 0 spiro atoms. The first kappa shape index (κ1) is 26.5. The maximum atomic E-state index is 12.1. The molecule has 0 radical (unpaired) electrons. The van der Waals surface area contributed by atoms with Crippen LogP contribution >= 0.6 is 0 Å². The number of carbonyl (C=O) groups excluding carboxylic acids is 3. The maximum Gasteiger partial charge on any atom is 0.223 e. The van der Waals surface area contributed by atoms with Crippen LogP contribution in [0, 0.1) is 5.92 Å². The molecule has 1 aliphatic carbocycles. The van der Waals surface area contributed by atoms with E-state index in [9.17, 15) is 14.4 Å². The summed E-state index contributed by atoms with van der Waals surface area (Å²) in [6.07, 6.45) is 4.13. The van der Waals surface area contributed by atoms with Crippen molar-refractivity contribution in [2.45, 2.75) is 85.3 Å². The zero-order valence-corrected chi connectivity index (χ0v) is 18.3. The summed E-state index contributed by atoms with van der Waals surface area (Å²) in [6.45, 7) is 11.1. The van der Waals surface area contributed by atoms with E-state index in [4.69, 9.17) is 9.47 Å². The lowest BCUT2D eigenvalue weighted by Gasteiger charge is -2.28. The van der Waals surface area contributed by atoms with E-state index in [2.05, 4.69) is 10.6 Å². The second-order valence-corrected chi connectivity index (χ2v) is 7.14. The normalized spacial score (nSPS) is 18.8. The van der Waals surface area contributed by atoms with Crippen molar-refractivity contribution in [3.8, 4) is 0 Å². The van der Waals surface area contributed by atoms with Crippen LogP contribution in [-0.2, 0) is 23.9 Å². The Labute approximate surface area is 170 Å². The molecular weight excluding hydrogens is 360 g/mol. The van der Waals surface area contributed by atoms with Gasteiger partial charge in [0.2, 0.25) is 11.8 Å². The summed E-state index contributed by atoms with van der Waals surface area (Å²) in [5.41, 5.74) is 0. The number of nitrogens with one attached hydrogen (secondary N) is 2. The highest BCUT2D eigenvalue weighted by Crippen LogP contribution is 2.24. The lowest BCUT2D eigenvalue weighted by atomic mass is 9.85. The van der Waals surface area contributed by atoms with Crippen LogP contribution < -0.4 is 10.6 Å². The molecule has 164 valence electrons. The summed E-state index contributed by atoms with van der Waals surface area (Å²) < 4.78 is 10.7. The van der Waals surface area contributed by atoms with E-state index in [0.717, 1.165) is 25.7 Å². The van der Waals surface area contributed by atoms with Crippen LogP contribution in [0.1, 0.15) is 73.1 Å². The number of rotatable bonds is 12. The van der Waals surface area contributed by atoms with Gasteiger partial charge in [-0.3, -0.25) is 14.4 Å². The average molecular weight is 401 g/mol. The van der Waals surface area contributed by atoms with Crippen molar-refractivity contribution in [2.24, 2.45) is 5.92 Å². The van der Waals surface area contributed by atoms with Gasteiger partial charge in [-0.2, -0.15) is 0 Å². The van der Waals surface area contributed by atoms with Gasteiger partial charge in [0, 0.05) is 31.3 Å². The molecule has 1 saturated carbocycles. The molecule has 7 nitrogen and oxygen atoms in total. The van der Waals surface area contributed by atoms with Gasteiger partial charge in [-0.1, -0.05) is 13.8 Å². The largest absolute Gasteiger partial charge is 0.379 e. The molecule has 0 aliphatic heterocycles. The van der Waals surface area contributed by atoms with Crippen molar-refractivity contribution in [1.82, 2.24) is 10.6 Å². The predicted molar refractivity (Wildman–Crippen MR) is 110 cm³/mol. The first-order valence-electron chi connectivity index (χ1n) is 10.6. The fraction of sp³-hybridized carbons (Fsp3) is 0.857. The zero-order valence-electron chi connectivity index (χ0n) is 18.3. The highest BCUT2D eigenvalue weighted by atomic mass is 16.5. The van der Waals surface area contributed by atoms with Crippen LogP contribution in [-0.4, -0.2) is 56.1 Å². The van der Waals surface area contributed by atoms with E-state index in [1.54, 1.807) is 0 Å². The third-order valence-corrected chi connectivity index (χ3v) is 4.39. The molecule has 1 fully saturated rings. The van der Waals surface area contributed by atoms with E-state index < -0.39 is 0 Å². The Balaban J connectivity index is 0.00000352. The predicted octanol–water partition coefficient (Wildman–Crippen LogP) is 2.61. The summed E-state index contributed by atoms with van der Waals surface area (Å²) in [5, 5.41) is 5.91. The van der Waals surface area contributed by atoms with Gasteiger partial charge in [0.15, 0.2) is 0 Å². The standard InChI is InChI=1S/C19H34N2O5.C2H6/c1-14(2)26-12-9-18(23)21-17-6-4-16(5-7-17)19(24)20-10-13-25-11-8-15(3)22;1-2/h14,16-17H,4-13H2,1-3H3,(H,20,24)(H,21,23);1-2H3. The molecule has 0 atom stereocenters. The average Bonchev–Trinajstić information content (AvgIpc) is 2.66. The Morgan fingerprint density at radius 3 is 2.18 bits per heavy atom. The van der Waals surface area contributed by atoms with Gasteiger partial charge in [-0.05, 0) is 46.5 Å². The zero-order chi connectivity index (χ0) is 21.4. The van der Waals surface area contributed by atoms with Crippen LogP contribution in [0.2, 0.25) is 0 Å². The molecule has 28 heavy (non-hydrogen) atoms. The van der Waals surface area contributed by atoms with Crippen LogP contribution in [0.4, 0.5) is 0 Å². The molecule has 0 unspecified atom stereocenters. The summed E-state index contributed by atoms with van der Waals surface area (Å²) in [7, 11) is 0. The van der Waals surface area contributed by atoms with Gasteiger partial charge in [0.05, 0.1) is 25.9 Å². The smallest absolute Gasteiger partial charge is 0.223 e. The Morgan fingerprint density at radius 2 is 1.61 bits per heavy atom. The third-order valence-electron chi connectivity index (χ3n) is 4.39. The highest BCUT2D eigenvalue weighted by Gasteiger charge is 2.26. The number of hydrogen-bond donors (Lipinski definition) is 2. The molecule has 0 aromatic heterocycles. The topological polar surface area (TPSA) is 93.7 Å². The summed E-state index contributed by atoms with van der Waals surface area (Å²) >= 11 is 0. The molecule has 0 heterocycles. The molecule has 0 saturated heterocycles. The maximum absolute atomic E-state index is 12.1. The molecule has 0 aromatic rings. The van der Waals surface area contributed by atoms with Gasteiger partial charge >= 0.3 is 0 Å². The van der Waals surface area contributed by atoms with Crippen molar-refractivity contribution >= 4 is 17.6 Å². The van der Waals surface area contributed by atoms with Gasteiger partial charge in [0.25, 0.3) is 0 Å². The molecule has 7 heteroatoms. The van der Waals surface area contributed by atoms with Crippen LogP contribution in [0.15, 0.2) is 0 Å².